The molecule has 0 N–H and O–H groups in total. The number of allylic oxidation sites excluding steroid dienone is 8. The zero-order chi connectivity index (χ0) is 17.0. The first-order valence-corrected chi connectivity index (χ1v) is 9.72. The smallest absolute Gasteiger partial charge is 0.109 e. The van der Waals surface area contributed by atoms with E-state index in [9.17, 15) is 0 Å². The fraction of sp³-hybridized carbons (Fsp3) is 0.571. The molecule has 1 unspecified atom stereocenters. The van der Waals surface area contributed by atoms with Gasteiger partial charge in [0.2, 0.25) is 0 Å². The average molecular weight is 376 g/mol. The first-order valence-electron chi connectivity index (χ1n) is 8.49. The van der Waals surface area contributed by atoms with Crippen LogP contribution in [0.2, 0.25) is 0 Å². The second-order valence-corrected chi connectivity index (χ2v) is 8.46. The van der Waals surface area contributed by atoms with Crippen molar-refractivity contribution in [1.29, 1.82) is 0 Å². The fourth-order valence-electron chi connectivity index (χ4n) is 2.58. The van der Waals surface area contributed by atoms with Gasteiger partial charge in [0, 0.05) is 0 Å². The van der Waals surface area contributed by atoms with E-state index in [4.69, 9.17) is 0 Å². The molecule has 22 heavy (non-hydrogen) atoms. The van der Waals surface area contributed by atoms with Crippen molar-refractivity contribution in [3.63, 3.8) is 0 Å². The quantitative estimate of drug-likeness (QED) is 0.503. The normalized spacial score (nSPS) is 18.5. The van der Waals surface area contributed by atoms with E-state index in [1.165, 1.54) is 34.5 Å². The summed E-state index contributed by atoms with van der Waals surface area (Å²) in [4.78, 5) is 0. The molecule has 0 saturated carbocycles. The molecule has 0 heterocycles. The summed E-state index contributed by atoms with van der Waals surface area (Å²) in [6.07, 6.45) is 18.6. The molecule has 2 aliphatic carbocycles. The molecular weight excluding hydrogens is 343 g/mol. The Labute approximate surface area is 153 Å². The monoisotopic (exact) mass is 374 g/mol. The molecule has 0 spiro atoms. The zero-order valence-corrected chi connectivity index (χ0v) is 17.8. The first-order chi connectivity index (χ1) is 10.4. The van der Waals surface area contributed by atoms with Gasteiger partial charge in [0.15, 0.2) is 0 Å². The summed E-state index contributed by atoms with van der Waals surface area (Å²) in [6, 6.07) is 0. The zero-order valence-electron chi connectivity index (χ0n) is 15.3. The van der Waals surface area contributed by atoms with Gasteiger partial charge in [-0.3, -0.25) is 12.2 Å². The summed E-state index contributed by atoms with van der Waals surface area (Å²) < 4.78 is 1.51. The van der Waals surface area contributed by atoms with Crippen LogP contribution >= 0.6 is 0 Å². The molecule has 0 amide bonds. The van der Waals surface area contributed by atoms with E-state index in [1.807, 2.05) is 12.2 Å². The van der Waals surface area contributed by atoms with Gasteiger partial charge in [-0.05, 0) is 6.42 Å². The predicted octanol–water partition coefficient (Wildman–Crippen LogP) is 6.33. The topological polar surface area (TPSA) is 0 Å². The van der Waals surface area contributed by atoms with E-state index in [0.29, 0.717) is 5.92 Å². The second kappa shape index (κ2) is 13.2. The van der Waals surface area contributed by atoms with Crippen LogP contribution < -0.4 is 0 Å². The minimum atomic E-state index is 0.585. The molecule has 0 bridgehead atoms. The maximum Gasteiger partial charge on any atom is -0.109 e. The Balaban J connectivity index is 0.000000400. The van der Waals surface area contributed by atoms with Gasteiger partial charge >= 0.3 is 41.3 Å². The van der Waals surface area contributed by atoms with Gasteiger partial charge in [-0.15, -0.1) is 6.42 Å². The third kappa shape index (κ3) is 9.67. The van der Waals surface area contributed by atoms with Gasteiger partial charge in [-0.1, -0.05) is 52.9 Å². The van der Waals surface area contributed by atoms with Crippen molar-refractivity contribution >= 4 is 3.21 Å². The third-order valence-corrected chi connectivity index (χ3v) is 3.40. The minimum absolute atomic E-state index is 0.585. The maximum atomic E-state index is 3.53. The van der Waals surface area contributed by atoms with Crippen molar-refractivity contribution in [2.45, 2.75) is 73.6 Å². The molecule has 1 heteroatoms. The Bertz CT molecular complexity index is 433. The number of hydrogen-bond acceptors (Lipinski definition) is 0. The largest absolute Gasteiger partial charge is 0.273 e. The van der Waals surface area contributed by atoms with Crippen LogP contribution in [0.15, 0.2) is 34.9 Å². The molecule has 2 aliphatic rings. The van der Waals surface area contributed by atoms with E-state index in [1.54, 1.807) is 35.4 Å². The minimum Gasteiger partial charge on any atom is -0.273 e. The Morgan fingerprint density at radius 1 is 1.23 bits per heavy atom. The van der Waals surface area contributed by atoms with Crippen molar-refractivity contribution in [2.75, 3.05) is 0 Å². The molecule has 0 nitrogen and oxygen atoms in total. The van der Waals surface area contributed by atoms with E-state index in [0.717, 1.165) is 6.42 Å². The summed E-state index contributed by atoms with van der Waals surface area (Å²) in [7, 11) is 0. The van der Waals surface area contributed by atoms with Crippen molar-refractivity contribution in [3.05, 3.63) is 47.1 Å². The molecule has 0 aromatic carbocycles. The first kappa shape index (κ1) is 21.7. The number of hydrogen-bond donors (Lipinski definition) is 0. The molecule has 0 aromatic rings. The fourth-order valence-corrected chi connectivity index (χ4v) is 2.58. The van der Waals surface area contributed by atoms with Gasteiger partial charge in [-0.2, -0.15) is 17.2 Å². The van der Waals surface area contributed by atoms with Crippen molar-refractivity contribution in [3.8, 4) is 0 Å². The van der Waals surface area contributed by atoms with E-state index in [-0.39, 0.29) is 0 Å². The molecule has 0 fully saturated rings. The van der Waals surface area contributed by atoms with E-state index in [2.05, 4.69) is 59.8 Å². The summed E-state index contributed by atoms with van der Waals surface area (Å²) in [6.45, 7) is 13.3. The Hall–Kier alpha value is -0.287. The molecule has 120 valence electrons. The summed E-state index contributed by atoms with van der Waals surface area (Å²) in [5.41, 5.74) is 4.68. The summed E-state index contributed by atoms with van der Waals surface area (Å²) in [5, 5.41) is 0. The number of rotatable bonds is 4. The van der Waals surface area contributed by atoms with Crippen LogP contribution in [0.1, 0.15) is 73.6 Å². The van der Waals surface area contributed by atoms with Crippen molar-refractivity contribution in [1.82, 2.24) is 0 Å². The van der Waals surface area contributed by atoms with Crippen LogP contribution in [0.5, 0.6) is 0 Å². The van der Waals surface area contributed by atoms with E-state index < -0.39 is 0 Å². The Kier molecular flexibility index (Phi) is 13.0. The van der Waals surface area contributed by atoms with Crippen LogP contribution in [0.4, 0.5) is 0 Å². The van der Waals surface area contributed by atoms with Crippen LogP contribution in [-0.2, 0) is 24.2 Å². The summed E-state index contributed by atoms with van der Waals surface area (Å²) >= 11 is 1.55. The van der Waals surface area contributed by atoms with Crippen LogP contribution in [0.25, 0.3) is 0 Å². The van der Waals surface area contributed by atoms with Gasteiger partial charge < -0.3 is 0 Å². The SMILES string of the molecule is CCCC1=C(CCC)C(C)[C-]=C1C.C[C](C)=[Zr+2].[C-]1=CC=CC1. The van der Waals surface area contributed by atoms with Gasteiger partial charge in [-0.25, -0.2) is 17.7 Å². The van der Waals surface area contributed by atoms with E-state index >= 15 is 0 Å². The average Bonchev–Trinajstić information content (AvgIpc) is 3.07. The molecule has 0 radical (unpaired) electrons. The summed E-state index contributed by atoms with van der Waals surface area (Å²) in [5.74, 6) is 0.585. The van der Waals surface area contributed by atoms with Gasteiger partial charge in [0.25, 0.3) is 0 Å². The molecular formula is C21H32Zr. The van der Waals surface area contributed by atoms with Crippen LogP contribution in [-0.4, -0.2) is 3.21 Å². The van der Waals surface area contributed by atoms with Crippen molar-refractivity contribution < 1.29 is 24.2 Å². The van der Waals surface area contributed by atoms with Crippen LogP contribution in [0.3, 0.4) is 0 Å². The maximum absolute atomic E-state index is 3.53. The van der Waals surface area contributed by atoms with Crippen molar-refractivity contribution in [2.24, 2.45) is 5.92 Å². The standard InChI is InChI=1S/C13H21.C5H5.C3H6.Zr/c1-5-7-12-10(3)9-11(4)13(12)8-6-2;1-2-4-5-3-1;1-3-2;/h10H,5-8H2,1-4H3;1-3H,4H2;1-2H3;/q2*-1;;+2. The van der Waals surface area contributed by atoms with Crippen LogP contribution in [0, 0.1) is 18.1 Å². The molecule has 0 aromatic heterocycles. The molecule has 0 saturated heterocycles. The Morgan fingerprint density at radius 3 is 2.18 bits per heavy atom. The third-order valence-electron chi connectivity index (χ3n) is 3.40. The molecule has 0 aliphatic heterocycles. The van der Waals surface area contributed by atoms with Gasteiger partial charge in [0.05, 0.1) is 0 Å². The molecule has 1 atom stereocenters. The molecule has 2 rings (SSSR count). The Morgan fingerprint density at radius 2 is 1.82 bits per heavy atom. The second-order valence-electron chi connectivity index (χ2n) is 6.00. The predicted molar refractivity (Wildman–Crippen MR) is 96.4 cm³/mol. The van der Waals surface area contributed by atoms with Gasteiger partial charge in [0.1, 0.15) is 0 Å².